The van der Waals surface area contributed by atoms with Crippen molar-refractivity contribution in [1.82, 2.24) is 0 Å². The number of hydrogen-bond acceptors (Lipinski definition) is 3. The summed E-state index contributed by atoms with van der Waals surface area (Å²) in [5, 5.41) is 0. The van der Waals surface area contributed by atoms with Crippen LogP contribution in [-0.2, 0) is 9.53 Å². The zero-order valence-corrected chi connectivity index (χ0v) is 8.11. The van der Waals surface area contributed by atoms with E-state index in [2.05, 4.69) is 0 Å². The van der Waals surface area contributed by atoms with Gasteiger partial charge in [-0.2, -0.15) is 0 Å². The van der Waals surface area contributed by atoms with Gasteiger partial charge in [0.2, 0.25) is 6.29 Å². The number of hydrogen-bond donors (Lipinski definition) is 0. The van der Waals surface area contributed by atoms with Gasteiger partial charge in [-0.1, -0.05) is 12.1 Å². The Kier molecular flexibility index (Phi) is 3.73. The highest BCUT2D eigenvalue weighted by atomic mass is 16.5. The Hall–Kier alpha value is -1.77. The molecule has 0 saturated heterocycles. The third kappa shape index (κ3) is 2.13. The molecule has 3 heteroatoms. The predicted octanol–water partition coefficient (Wildman–Crippen LogP) is 1.79. The molecular weight excluding hydrogens is 180 g/mol. The van der Waals surface area contributed by atoms with Crippen molar-refractivity contribution in [2.45, 2.75) is 0 Å². The summed E-state index contributed by atoms with van der Waals surface area (Å²) in [4.78, 5) is 10.2. The van der Waals surface area contributed by atoms with Gasteiger partial charge in [0.05, 0.1) is 19.8 Å². The fourth-order valence-electron chi connectivity index (χ4n) is 1.15. The molecule has 0 bridgehead atoms. The Balaban J connectivity index is 3.15. The SMILES string of the molecule is COC(=C[C]=O)c1ccccc1OC. The van der Waals surface area contributed by atoms with Crippen molar-refractivity contribution in [3.05, 3.63) is 35.9 Å². The van der Waals surface area contributed by atoms with E-state index in [4.69, 9.17) is 9.47 Å². The topological polar surface area (TPSA) is 35.5 Å². The molecular formula is C11H11O3. The lowest BCUT2D eigenvalue weighted by atomic mass is 10.1. The summed E-state index contributed by atoms with van der Waals surface area (Å²) in [6.45, 7) is 0. The van der Waals surface area contributed by atoms with E-state index in [1.54, 1.807) is 19.5 Å². The van der Waals surface area contributed by atoms with E-state index in [9.17, 15) is 4.79 Å². The third-order valence-corrected chi connectivity index (χ3v) is 1.78. The van der Waals surface area contributed by atoms with Crippen molar-refractivity contribution < 1.29 is 14.3 Å². The van der Waals surface area contributed by atoms with E-state index in [-0.39, 0.29) is 0 Å². The van der Waals surface area contributed by atoms with Crippen LogP contribution in [0.4, 0.5) is 0 Å². The van der Waals surface area contributed by atoms with Gasteiger partial charge in [-0.15, -0.1) is 0 Å². The molecule has 14 heavy (non-hydrogen) atoms. The molecule has 3 nitrogen and oxygen atoms in total. The Morgan fingerprint density at radius 1 is 1.36 bits per heavy atom. The maximum Gasteiger partial charge on any atom is 0.229 e. The molecule has 1 rings (SSSR count). The van der Waals surface area contributed by atoms with Gasteiger partial charge >= 0.3 is 0 Å². The van der Waals surface area contributed by atoms with Gasteiger partial charge in [0.25, 0.3) is 0 Å². The molecule has 0 aliphatic heterocycles. The summed E-state index contributed by atoms with van der Waals surface area (Å²) in [5.74, 6) is 1.10. The van der Waals surface area contributed by atoms with Gasteiger partial charge in [0.15, 0.2) is 0 Å². The standard InChI is InChI=1S/C11H11O3/c1-13-10-6-4-3-5-9(10)11(14-2)7-8-12/h3-7H,1-2H3. The summed E-state index contributed by atoms with van der Waals surface area (Å²) in [5.41, 5.74) is 0.737. The molecule has 1 radical (unpaired) electrons. The summed E-state index contributed by atoms with van der Waals surface area (Å²) < 4.78 is 10.2. The number of benzene rings is 1. The van der Waals surface area contributed by atoms with Crippen molar-refractivity contribution in [3.8, 4) is 5.75 Å². The number of rotatable bonds is 4. The lowest BCUT2D eigenvalue weighted by molar-refractivity contribution is 0.362. The molecule has 0 aliphatic rings. The van der Waals surface area contributed by atoms with E-state index in [1.165, 1.54) is 13.2 Å². The fraction of sp³-hybridized carbons (Fsp3) is 0.182. The first-order valence-electron chi connectivity index (χ1n) is 4.08. The molecule has 0 saturated carbocycles. The second-order valence-corrected chi connectivity index (χ2v) is 2.53. The van der Waals surface area contributed by atoms with Crippen LogP contribution in [0.25, 0.3) is 5.76 Å². The van der Waals surface area contributed by atoms with Crippen molar-refractivity contribution in [2.24, 2.45) is 0 Å². The maximum atomic E-state index is 10.2. The van der Waals surface area contributed by atoms with E-state index in [0.717, 1.165) is 5.56 Å². The number of para-hydroxylation sites is 1. The lowest BCUT2D eigenvalue weighted by Gasteiger charge is -2.09. The Bertz CT molecular complexity index is 342. The van der Waals surface area contributed by atoms with E-state index >= 15 is 0 Å². The first-order valence-corrected chi connectivity index (χ1v) is 4.08. The summed E-state index contributed by atoms with van der Waals surface area (Å²) in [6.07, 6.45) is 2.91. The van der Waals surface area contributed by atoms with Crippen LogP contribution < -0.4 is 4.74 Å². The van der Waals surface area contributed by atoms with E-state index < -0.39 is 0 Å². The highest BCUT2D eigenvalue weighted by molar-refractivity contribution is 5.80. The Morgan fingerprint density at radius 2 is 2.07 bits per heavy atom. The minimum atomic E-state index is 0.442. The van der Waals surface area contributed by atoms with E-state index in [1.807, 2.05) is 18.2 Å². The van der Waals surface area contributed by atoms with Gasteiger partial charge < -0.3 is 9.47 Å². The van der Waals surface area contributed by atoms with Crippen LogP contribution in [-0.4, -0.2) is 20.5 Å². The molecule has 0 atom stereocenters. The first kappa shape index (κ1) is 10.3. The van der Waals surface area contributed by atoms with Gasteiger partial charge in [-0.3, -0.25) is 4.79 Å². The molecule has 0 amide bonds. The zero-order chi connectivity index (χ0) is 10.4. The average Bonchev–Trinajstić information content (AvgIpc) is 2.26. The van der Waals surface area contributed by atoms with Crippen LogP contribution in [0.15, 0.2) is 30.3 Å². The van der Waals surface area contributed by atoms with Gasteiger partial charge in [0.1, 0.15) is 11.5 Å². The minimum absolute atomic E-state index is 0.442. The zero-order valence-electron chi connectivity index (χ0n) is 8.11. The van der Waals surface area contributed by atoms with Crippen LogP contribution in [0, 0.1) is 0 Å². The normalized spacial score (nSPS) is 10.9. The molecule has 0 unspecified atom stereocenters. The number of methoxy groups -OCH3 is 2. The lowest BCUT2D eigenvalue weighted by Crippen LogP contribution is -1.93. The average molecular weight is 191 g/mol. The van der Waals surface area contributed by atoms with Crippen molar-refractivity contribution >= 4 is 12.0 Å². The molecule has 1 aromatic carbocycles. The molecule has 0 aliphatic carbocycles. The molecule has 0 fully saturated rings. The third-order valence-electron chi connectivity index (χ3n) is 1.78. The number of ether oxygens (including phenoxy) is 2. The van der Waals surface area contributed by atoms with Crippen molar-refractivity contribution in [2.75, 3.05) is 14.2 Å². The summed E-state index contributed by atoms with van der Waals surface area (Å²) in [6, 6.07) is 7.30. The molecule has 0 heterocycles. The minimum Gasteiger partial charge on any atom is -0.496 e. The second-order valence-electron chi connectivity index (χ2n) is 2.53. The van der Waals surface area contributed by atoms with Crippen LogP contribution in [0.5, 0.6) is 5.75 Å². The van der Waals surface area contributed by atoms with Crippen LogP contribution in [0.3, 0.4) is 0 Å². The molecule has 0 aromatic heterocycles. The maximum absolute atomic E-state index is 10.2. The van der Waals surface area contributed by atoms with Crippen molar-refractivity contribution in [3.63, 3.8) is 0 Å². The molecule has 0 N–H and O–H groups in total. The fourth-order valence-corrected chi connectivity index (χ4v) is 1.15. The molecule has 1 aromatic rings. The van der Waals surface area contributed by atoms with E-state index in [0.29, 0.717) is 11.5 Å². The van der Waals surface area contributed by atoms with Gasteiger partial charge in [-0.25, -0.2) is 0 Å². The smallest absolute Gasteiger partial charge is 0.229 e. The first-order chi connectivity index (χ1) is 6.83. The highest BCUT2D eigenvalue weighted by Crippen LogP contribution is 2.25. The van der Waals surface area contributed by atoms with Gasteiger partial charge in [-0.05, 0) is 12.1 Å². The summed E-state index contributed by atoms with van der Waals surface area (Å²) >= 11 is 0. The quantitative estimate of drug-likeness (QED) is 0.537. The second kappa shape index (κ2) is 5.07. The van der Waals surface area contributed by atoms with Gasteiger partial charge in [0, 0.05) is 6.08 Å². The Labute approximate surface area is 83.0 Å². The van der Waals surface area contributed by atoms with Crippen LogP contribution in [0.1, 0.15) is 5.56 Å². The Morgan fingerprint density at radius 3 is 2.64 bits per heavy atom. The largest absolute Gasteiger partial charge is 0.496 e. The number of carbonyl (C=O) groups excluding carboxylic acids is 1. The van der Waals surface area contributed by atoms with Crippen molar-refractivity contribution in [1.29, 1.82) is 0 Å². The van der Waals surface area contributed by atoms with Crippen LogP contribution in [0.2, 0.25) is 0 Å². The molecule has 73 valence electrons. The number of allylic oxidation sites excluding steroid dienone is 1. The predicted molar refractivity (Wildman–Crippen MR) is 53.7 cm³/mol. The van der Waals surface area contributed by atoms with Crippen LogP contribution >= 0.6 is 0 Å². The monoisotopic (exact) mass is 191 g/mol. The molecule has 0 spiro atoms. The summed E-state index contributed by atoms with van der Waals surface area (Å²) in [7, 11) is 3.06. The highest BCUT2D eigenvalue weighted by Gasteiger charge is 2.07.